The van der Waals surface area contributed by atoms with Crippen molar-refractivity contribution in [1.82, 2.24) is 0 Å². The fourth-order valence-electron chi connectivity index (χ4n) is 2.57. The number of nitrogens with two attached hydrogens (primary N) is 1. The molecule has 2 nitrogen and oxygen atoms in total. The standard InChI is InChI=1S/C22H22N2S/c23-22(24-16-15-18-7-3-1-4-8-18)25-17-19-11-13-21(14-12-19)20-9-5-2-6-10-20/h1-14H,15-17H2,(H2,23,24). The third kappa shape index (κ3) is 5.50. The summed E-state index contributed by atoms with van der Waals surface area (Å²) in [6.45, 7) is 0.732. The van der Waals surface area contributed by atoms with Crippen LogP contribution >= 0.6 is 11.8 Å². The largest absolute Gasteiger partial charge is 0.379 e. The van der Waals surface area contributed by atoms with Crippen molar-refractivity contribution >= 4 is 16.9 Å². The topological polar surface area (TPSA) is 38.4 Å². The molecule has 0 aliphatic heterocycles. The third-order valence-electron chi connectivity index (χ3n) is 3.96. The van der Waals surface area contributed by atoms with Crippen molar-refractivity contribution in [2.45, 2.75) is 12.2 Å². The van der Waals surface area contributed by atoms with E-state index in [1.165, 1.54) is 22.3 Å². The van der Waals surface area contributed by atoms with Gasteiger partial charge in [0.1, 0.15) is 0 Å². The van der Waals surface area contributed by atoms with E-state index < -0.39 is 0 Å². The normalized spacial score (nSPS) is 11.4. The fraction of sp³-hybridized carbons (Fsp3) is 0.136. The molecule has 0 saturated heterocycles. The third-order valence-corrected chi connectivity index (χ3v) is 4.86. The fourth-order valence-corrected chi connectivity index (χ4v) is 3.26. The smallest absolute Gasteiger partial charge is 0.154 e. The van der Waals surface area contributed by atoms with Crippen molar-refractivity contribution in [1.29, 1.82) is 0 Å². The molecular weight excluding hydrogens is 324 g/mol. The van der Waals surface area contributed by atoms with Crippen LogP contribution in [0.4, 0.5) is 0 Å². The highest BCUT2D eigenvalue weighted by Gasteiger charge is 2.00. The Kier molecular flexibility index (Phi) is 6.29. The Morgan fingerprint density at radius 1 is 0.720 bits per heavy atom. The summed E-state index contributed by atoms with van der Waals surface area (Å²) in [5.74, 6) is 0.843. The summed E-state index contributed by atoms with van der Waals surface area (Å²) in [6.07, 6.45) is 0.924. The summed E-state index contributed by atoms with van der Waals surface area (Å²) >= 11 is 1.59. The van der Waals surface area contributed by atoms with Gasteiger partial charge in [-0.2, -0.15) is 0 Å². The predicted octanol–water partition coefficient (Wildman–Crippen LogP) is 5.14. The van der Waals surface area contributed by atoms with Crippen LogP contribution in [-0.2, 0) is 12.2 Å². The van der Waals surface area contributed by atoms with Crippen LogP contribution in [0.3, 0.4) is 0 Å². The maximum atomic E-state index is 6.02. The minimum Gasteiger partial charge on any atom is -0.379 e. The number of benzene rings is 3. The number of amidine groups is 1. The summed E-state index contributed by atoms with van der Waals surface area (Å²) < 4.78 is 0. The van der Waals surface area contributed by atoms with Crippen LogP contribution in [0.2, 0.25) is 0 Å². The van der Waals surface area contributed by atoms with Crippen molar-refractivity contribution in [3.63, 3.8) is 0 Å². The molecule has 0 saturated carbocycles. The minimum atomic E-state index is 0.656. The number of hydrogen-bond acceptors (Lipinski definition) is 2. The van der Waals surface area contributed by atoms with E-state index >= 15 is 0 Å². The van der Waals surface area contributed by atoms with Gasteiger partial charge >= 0.3 is 0 Å². The van der Waals surface area contributed by atoms with E-state index in [1.807, 2.05) is 12.1 Å². The highest BCUT2D eigenvalue weighted by atomic mass is 32.2. The Balaban J connectivity index is 1.48. The summed E-state index contributed by atoms with van der Waals surface area (Å²) in [6, 6.07) is 29.4. The van der Waals surface area contributed by atoms with Gasteiger partial charge in [-0.05, 0) is 28.7 Å². The monoisotopic (exact) mass is 346 g/mol. The molecule has 3 rings (SSSR count). The molecule has 0 aliphatic carbocycles. The van der Waals surface area contributed by atoms with Gasteiger partial charge in [0.15, 0.2) is 5.17 Å². The Hall–Kier alpha value is -2.52. The van der Waals surface area contributed by atoms with Gasteiger partial charge in [0.05, 0.1) is 0 Å². The zero-order valence-electron chi connectivity index (χ0n) is 14.1. The Bertz CT molecular complexity index is 796. The molecule has 0 atom stereocenters. The Labute approximate surface area is 153 Å². The van der Waals surface area contributed by atoms with Gasteiger partial charge in [-0.25, -0.2) is 0 Å². The van der Waals surface area contributed by atoms with E-state index in [0.29, 0.717) is 5.17 Å². The molecule has 3 aromatic rings. The summed E-state index contributed by atoms with van der Waals surface area (Å²) in [5, 5.41) is 0.656. The second-order valence-electron chi connectivity index (χ2n) is 5.81. The molecule has 0 spiro atoms. The first-order valence-electron chi connectivity index (χ1n) is 8.42. The number of rotatable bonds is 6. The SMILES string of the molecule is NC(=NCCc1ccccc1)SCc1ccc(-c2ccccc2)cc1. The van der Waals surface area contributed by atoms with Crippen molar-refractivity contribution in [2.24, 2.45) is 10.7 Å². The number of nitrogens with zero attached hydrogens (tertiary/aromatic N) is 1. The van der Waals surface area contributed by atoms with E-state index in [0.717, 1.165) is 18.7 Å². The number of aliphatic imine (C=N–C) groups is 1. The van der Waals surface area contributed by atoms with Gasteiger partial charge in [0.25, 0.3) is 0 Å². The first kappa shape index (κ1) is 17.3. The van der Waals surface area contributed by atoms with Crippen molar-refractivity contribution in [3.05, 3.63) is 96.1 Å². The Morgan fingerprint density at radius 3 is 2.00 bits per heavy atom. The van der Waals surface area contributed by atoms with Gasteiger partial charge in [-0.1, -0.05) is 96.7 Å². The zero-order valence-corrected chi connectivity index (χ0v) is 15.0. The zero-order chi connectivity index (χ0) is 17.3. The lowest BCUT2D eigenvalue weighted by molar-refractivity contribution is 0.970. The van der Waals surface area contributed by atoms with Crippen LogP contribution < -0.4 is 5.73 Å². The maximum Gasteiger partial charge on any atom is 0.154 e. The van der Waals surface area contributed by atoms with E-state index in [-0.39, 0.29) is 0 Å². The van der Waals surface area contributed by atoms with Crippen LogP contribution in [0.5, 0.6) is 0 Å². The lowest BCUT2D eigenvalue weighted by Gasteiger charge is -2.05. The molecule has 3 heteroatoms. The molecule has 0 heterocycles. The average Bonchev–Trinajstić information content (AvgIpc) is 2.68. The molecule has 0 bridgehead atoms. The lowest BCUT2D eigenvalue weighted by Crippen LogP contribution is -2.08. The van der Waals surface area contributed by atoms with Crippen molar-refractivity contribution in [2.75, 3.05) is 6.54 Å². The van der Waals surface area contributed by atoms with Gasteiger partial charge < -0.3 is 5.73 Å². The summed E-state index contributed by atoms with van der Waals surface area (Å²) in [7, 11) is 0. The van der Waals surface area contributed by atoms with Gasteiger partial charge in [-0.15, -0.1) is 0 Å². The molecule has 0 amide bonds. The molecule has 2 N–H and O–H groups in total. The molecule has 0 unspecified atom stereocenters. The molecule has 0 aliphatic rings. The molecule has 0 aromatic heterocycles. The molecule has 0 fully saturated rings. The number of hydrogen-bond donors (Lipinski definition) is 1. The van der Waals surface area contributed by atoms with Crippen LogP contribution in [0.15, 0.2) is 89.9 Å². The van der Waals surface area contributed by atoms with Gasteiger partial charge in [0.2, 0.25) is 0 Å². The highest BCUT2D eigenvalue weighted by molar-refractivity contribution is 8.13. The van der Waals surface area contributed by atoms with E-state index in [1.54, 1.807) is 11.8 Å². The molecular formula is C22H22N2S. The van der Waals surface area contributed by atoms with Crippen molar-refractivity contribution < 1.29 is 0 Å². The van der Waals surface area contributed by atoms with E-state index in [2.05, 4.69) is 77.8 Å². The molecule has 0 radical (unpaired) electrons. The molecule has 25 heavy (non-hydrogen) atoms. The van der Waals surface area contributed by atoms with Gasteiger partial charge in [-0.3, -0.25) is 4.99 Å². The summed E-state index contributed by atoms with van der Waals surface area (Å²) in [4.78, 5) is 4.46. The molecule has 3 aromatic carbocycles. The Morgan fingerprint density at radius 2 is 1.32 bits per heavy atom. The minimum absolute atomic E-state index is 0.656. The van der Waals surface area contributed by atoms with Crippen molar-refractivity contribution in [3.8, 4) is 11.1 Å². The van der Waals surface area contributed by atoms with Crippen LogP contribution in [0, 0.1) is 0 Å². The van der Waals surface area contributed by atoms with Gasteiger partial charge in [0, 0.05) is 12.3 Å². The number of thioether (sulfide) groups is 1. The second-order valence-corrected chi connectivity index (χ2v) is 6.80. The lowest BCUT2D eigenvalue weighted by atomic mass is 10.0. The first-order chi connectivity index (χ1) is 12.3. The van der Waals surface area contributed by atoms with E-state index in [9.17, 15) is 0 Å². The quantitative estimate of drug-likeness (QED) is 0.495. The maximum absolute atomic E-state index is 6.02. The summed E-state index contributed by atoms with van der Waals surface area (Å²) in [5.41, 5.74) is 11.0. The van der Waals surface area contributed by atoms with Crippen LogP contribution in [-0.4, -0.2) is 11.7 Å². The predicted molar refractivity (Wildman–Crippen MR) is 110 cm³/mol. The highest BCUT2D eigenvalue weighted by Crippen LogP contribution is 2.21. The average molecular weight is 346 g/mol. The first-order valence-corrected chi connectivity index (χ1v) is 9.41. The van der Waals surface area contributed by atoms with Crippen LogP contribution in [0.1, 0.15) is 11.1 Å². The van der Waals surface area contributed by atoms with Crippen LogP contribution in [0.25, 0.3) is 11.1 Å². The molecule has 126 valence electrons. The second kappa shape index (κ2) is 9.09. The van der Waals surface area contributed by atoms with E-state index in [4.69, 9.17) is 5.73 Å².